The van der Waals surface area contributed by atoms with Gasteiger partial charge in [-0.25, -0.2) is 9.78 Å². The van der Waals surface area contributed by atoms with Gasteiger partial charge in [-0.05, 0) is 18.2 Å². The summed E-state index contributed by atoms with van der Waals surface area (Å²) in [6.07, 6.45) is 0.910. The van der Waals surface area contributed by atoms with Crippen LogP contribution in [0.3, 0.4) is 0 Å². The summed E-state index contributed by atoms with van der Waals surface area (Å²) in [6, 6.07) is 5.62. The number of carboxylic acids is 1. The average molecular weight is 374 g/mol. The molecule has 1 aromatic heterocycles. The van der Waals surface area contributed by atoms with E-state index in [9.17, 15) is 14.9 Å². The smallest absolute Gasteiger partial charge is 0.341 e. The highest BCUT2D eigenvalue weighted by Gasteiger charge is 2.20. The number of nitrogens with zero attached hydrogens (tertiary/aromatic N) is 2. The lowest BCUT2D eigenvalue weighted by atomic mass is 10.2. The van der Waals surface area contributed by atoms with E-state index in [-0.39, 0.29) is 16.7 Å². The summed E-state index contributed by atoms with van der Waals surface area (Å²) in [7, 11) is 0. The molecule has 2 aromatic rings. The SMILES string of the molecule is O=C(O)c1cc([N+](=O)[O-])cnc1Oc1cc(Br)ccc1Cl. The molecule has 0 spiro atoms. The highest BCUT2D eigenvalue weighted by atomic mass is 79.9. The number of carboxylic acid groups (broad SMARTS) is 1. The van der Waals surface area contributed by atoms with E-state index in [1.54, 1.807) is 12.1 Å². The monoisotopic (exact) mass is 372 g/mol. The quantitative estimate of drug-likeness (QED) is 0.644. The number of aromatic nitrogens is 1. The maximum absolute atomic E-state index is 11.2. The van der Waals surface area contributed by atoms with Gasteiger partial charge in [0.2, 0.25) is 5.88 Å². The summed E-state index contributed by atoms with van der Waals surface area (Å²) in [5, 5.41) is 20.0. The van der Waals surface area contributed by atoms with Crippen molar-refractivity contribution in [3.8, 4) is 11.6 Å². The predicted octanol–water partition coefficient (Wildman–Crippen LogP) is 3.90. The maximum atomic E-state index is 11.2. The van der Waals surface area contributed by atoms with E-state index < -0.39 is 22.1 Å². The number of aromatic carboxylic acids is 1. The maximum Gasteiger partial charge on any atom is 0.341 e. The molecule has 0 aliphatic heterocycles. The zero-order valence-corrected chi connectivity index (χ0v) is 12.5. The zero-order valence-electron chi connectivity index (χ0n) is 10.1. The number of pyridine rings is 1. The van der Waals surface area contributed by atoms with Crippen molar-refractivity contribution in [1.29, 1.82) is 0 Å². The molecule has 9 heteroatoms. The molecule has 0 saturated carbocycles. The zero-order chi connectivity index (χ0) is 15.6. The van der Waals surface area contributed by atoms with Crippen molar-refractivity contribution >= 4 is 39.2 Å². The van der Waals surface area contributed by atoms with Gasteiger partial charge in [-0.15, -0.1) is 0 Å². The third kappa shape index (κ3) is 3.47. The Balaban J connectivity index is 2.46. The first-order chi connectivity index (χ1) is 9.88. The molecule has 1 N–H and O–H groups in total. The van der Waals surface area contributed by atoms with E-state index >= 15 is 0 Å². The van der Waals surface area contributed by atoms with Crippen LogP contribution in [-0.2, 0) is 0 Å². The fraction of sp³-hybridized carbons (Fsp3) is 0. The highest BCUT2D eigenvalue weighted by molar-refractivity contribution is 9.10. The van der Waals surface area contributed by atoms with Gasteiger partial charge in [0.15, 0.2) is 0 Å². The molecule has 0 unspecified atom stereocenters. The molecule has 1 aromatic carbocycles. The molecule has 0 aliphatic rings. The molecule has 108 valence electrons. The third-order valence-corrected chi connectivity index (χ3v) is 3.18. The first-order valence-corrected chi connectivity index (χ1v) is 6.56. The standard InChI is InChI=1S/C12H6BrClN2O5/c13-6-1-2-9(14)10(3-6)21-11-8(12(17)18)4-7(5-15-11)16(19)20/h1-5H,(H,17,18). The van der Waals surface area contributed by atoms with Crippen molar-refractivity contribution in [1.82, 2.24) is 4.98 Å². The minimum absolute atomic E-state index is 0.176. The van der Waals surface area contributed by atoms with E-state index in [4.69, 9.17) is 21.4 Å². The second-order valence-corrected chi connectivity index (χ2v) is 5.11. The van der Waals surface area contributed by atoms with Crippen LogP contribution in [0, 0.1) is 10.1 Å². The van der Waals surface area contributed by atoms with Crippen molar-refractivity contribution < 1.29 is 19.6 Å². The van der Waals surface area contributed by atoms with Crippen LogP contribution in [0.5, 0.6) is 11.6 Å². The summed E-state index contributed by atoms with van der Waals surface area (Å²) in [5.41, 5.74) is -0.875. The molecule has 0 amide bonds. The molecule has 2 rings (SSSR count). The molecular formula is C12H6BrClN2O5. The fourth-order valence-electron chi connectivity index (χ4n) is 1.44. The number of carbonyl (C=O) groups is 1. The Morgan fingerprint density at radius 3 is 2.76 bits per heavy atom. The molecule has 0 atom stereocenters. The van der Waals surface area contributed by atoms with Crippen LogP contribution in [0.25, 0.3) is 0 Å². The van der Waals surface area contributed by atoms with Crippen molar-refractivity contribution in [3.63, 3.8) is 0 Å². The first-order valence-electron chi connectivity index (χ1n) is 5.39. The Bertz CT molecular complexity index is 738. The normalized spacial score (nSPS) is 10.2. The van der Waals surface area contributed by atoms with Crippen molar-refractivity contribution in [2.75, 3.05) is 0 Å². The Hall–Kier alpha value is -2.19. The van der Waals surface area contributed by atoms with Gasteiger partial charge in [-0.2, -0.15) is 0 Å². The molecule has 0 bridgehead atoms. The number of hydrogen-bond acceptors (Lipinski definition) is 5. The van der Waals surface area contributed by atoms with Crippen LogP contribution in [0.2, 0.25) is 5.02 Å². The third-order valence-electron chi connectivity index (χ3n) is 2.38. The second-order valence-electron chi connectivity index (χ2n) is 3.79. The predicted molar refractivity (Wildman–Crippen MR) is 77.1 cm³/mol. The van der Waals surface area contributed by atoms with Crippen LogP contribution in [0.15, 0.2) is 34.9 Å². The number of benzene rings is 1. The van der Waals surface area contributed by atoms with Crippen LogP contribution in [-0.4, -0.2) is 21.0 Å². The van der Waals surface area contributed by atoms with Gasteiger partial charge < -0.3 is 9.84 Å². The molecule has 0 aliphatic carbocycles. The van der Waals surface area contributed by atoms with Crippen molar-refractivity contribution in [2.45, 2.75) is 0 Å². The minimum atomic E-state index is -1.40. The van der Waals surface area contributed by atoms with E-state index in [1.807, 2.05) is 0 Å². The summed E-state index contributed by atoms with van der Waals surface area (Å²) in [4.78, 5) is 24.7. The summed E-state index contributed by atoms with van der Waals surface area (Å²) in [5.74, 6) is -1.50. The summed E-state index contributed by atoms with van der Waals surface area (Å²) < 4.78 is 6.01. The molecule has 0 fully saturated rings. The lowest BCUT2D eigenvalue weighted by Crippen LogP contribution is -2.04. The molecule has 0 saturated heterocycles. The van der Waals surface area contributed by atoms with Gasteiger partial charge in [0, 0.05) is 10.5 Å². The summed E-state index contributed by atoms with van der Waals surface area (Å²) >= 11 is 9.15. The van der Waals surface area contributed by atoms with Gasteiger partial charge in [0.05, 0.1) is 9.95 Å². The van der Waals surface area contributed by atoms with E-state index in [1.165, 1.54) is 6.07 Å². The molecular weight excluding hydrogens is 367 g/mol. The number of hydrogen-bond donors (Lipinski definition) is 1. The number of ether oxygens (including phenoxy) is 1. The molecule has 1 heterocycles. The lowest BCUT2D eigenvalue weighted by Gasteiger charge is -2.09. The van der Waals surface area contributed by atoms with E-state index in [0.29, 0.717) is 4.47 Å². The van der Waals surface area contributed by atoms with Crippen LogP contribution >= 0.6 is 27.5 Å². The number of rotatable bonds is 4. The van der Waals surface area contributed by atoms with Gasteiger partial charge in [0.25, 0.3) is 5.69 Å². The Labute approximate surface area is 131 Å². The van der Waals surface area contributed by atoms with Gasteiger partial charge >= 0.3 is 5.97 Å². The van der Waals surface area contributed by atoms with Crippen LogP contribution < -0.4 is 4.74 Å². The van der Waals surface area contributed by atoms with Gasteiger partial charge in [0.1, 0.15) is 17.5 Å². The van der Waals surface area contributed by atoms with Crippen molar-refractivity contribution in [3.05, 3.63) is 55.6 Å². The minimum Gasteiger partial charge on any atom is -0.477 e. The van der Waals surface area contributed by atoms with Gasteiger partial charge in [-0.3, -0.25) is 10.1 Å². The van der Waals surface area contributed by atoms with Crippen LogP contribution in [0.4, 0.5) is 5.69 Å². The average Bonchev–Trinajstić information content (AvgIpc) is 2.42. The lowest BCUT2D eigenvalue weighted by molar-refractivity contribution is -0.385. The van der Waals surface area contributed by atoms with Gasteiger partial charge in [-0.1, -0.05) is 27.5 Å². The molecule has 7 nitrogen and oxygen atoms in total. The topological polar surface area (TPSA) is 103 Å². The largest absolute Gasteiger partial charge is 0.477 e. The fourth-order valence-corrected chi connectivity index (χ4v) is 1.93. The Kier molecular flexibility index (Phi) is 4.39. The first kappa shape index (κ1) is 15.2. The highest BCUT2D eigenvalue weighted by Crippen LogP contribution is 2.33. The second kappa shape index (κ2) is 6.06. The van der Waals surface area contributed by atoms with Crippen LogP contribution in [0.1, 0.15) is 10.4 Å². The Morgan fingerprint density at radius 2 is 2.14 bits per heavy atom. The number of halogens is 2. The summed E-state index contributed by atoms with van der Waals surface area (Å²) in [6.45, 7) is 0. The molecule has 21 heavy (non-hydrogen) atoms. The number of nitro groups is 1. The van der Waals surface area contributed by atoms with E-state index in [0.717, 1.165) is 12.3 Å². The molecule has 0 radical (unpaired) electrons. The van der Waals surface area contributed by atoms with Crippen molar-refractivity contribution in [2.24, 2.45) is 0 Å². The van der Waals surface area contributed by atoms with E-state index in [2.05, 4.69) is 20.9 Å². The Morgan fingerprint density at radius 1 is 1.43 bits per heavy atom.